The number of nitrogens with two attached hydrogens (primary N) is 1. The molecule has 0 amide bonds. The largest absolute Gasteiger partial charge is 0.497 e. The molecule has 1 aromatic rings. The second-order valence-electron chi connectivity index (χ2n) is 6.07. The maximum absolute atomic E-state index is 10.1. The molecular formula is C18H21N4O3+. The van der Waals surface area contributed by atoms with E-state index < -0.39 is 22.7 Å². The highest BCUT2D eigenvalue weighted by Crippen LogP contribution is 2.78. The maximum atomic E-state index is 10.1. The number of fused-ring (bicyclic) bond motifs is 1. The van der Waals surface area contributed by atoms with Crippen LogP contribution in [0.4, 0.5) is 0 Å². The van der Waals surface area contributed by atoms with Crippen LogP contribution in [0.1, 0.15) is 25.3 Å². The van der Waals surface area contributed by atoms with Gasteiger partial charge in [0.05, 0.1) is 32.5 Å². The molecule has 25 heavy (non-hydrogen) atoms. The summed E-state index contributed by atoms with van der Waals surface area (Å²) in [6, 6.07) is 11.9. The number of hydrogen-bond acceptors (Lipinski definition) is 6. The third-order valence-corrected chi connectivity index (χ3v) is 5.14. The van der Waals surface area contributed by atoms with Gasteiger partial charge in [0.1, 0.15) is 5.75 Å². The van der Waals surface area contributed by atoms with Crippen molar-refractivity contribution in [2.45, 2.75) is 25.7 Å². The average molecular weight is 341 g/mol. The van der Waals surface area contributed by atoms with Crippen LogP contribution in [-0.4, -0.2) is 32.1 Å². The Morgan fingerprint density at radius 3 is 2.16 bits per heavy atom. The SMILES string of the molecule is CCOC1(OCC)[NH+]=C(N)[C@@]2(C#N)[C@@H](c3ccc(OC)cc3)[C@@]12C#N. The topological polar surface area (TPSA) is 115 Å². The lowest BCUT2D eigenvalue weighted by Crippen LogP contribution is -2.91. The number of amidine groups is 1. The summed E-state index contributed by atoms with van der Waals surface area (Å²) >= 11 is 0. The van der Waals surface area contributed by atoms with Crippen LogP contribution in [0.2, 0.25) is 0 Å². The van der Waals surface area contributed by atoms with E-state index in [9.17, 15) is 10.5 Å². The zero-order chi connectivity index (χ0) is 18.3. The van der Waals surface area contributed by atoms with Crippen LogP contribution in [0.25, 0.3) is 0 Å². The van der Waals surface area contributed by atoms with E-state index >= 15 is 0 Å². The smallest absolute Gasteiger partial charge is 0.343 e. The summed E-state index contributed by atoms with van der Waals surface area (Å²) in [6.07, 6.45) is 0. The first-order valence-corrected chi connectivity index (χ1v) is 8.19. The van der Waals surface area contributed by atoms with E-state index in [0.29, 0.717) is 19.0 Å². The van der Waals surface area contributed by atoms with E-state index in [-0.39, 0.29) is 5.84 Å². The van der Waals surface area contributed by atoms with Crippen molar-refractivity contribution in [3.63, 3.8) is 0 Å². The Labute approximate surface area is 146 Å². The number of rotatable bonds is 6. The molecule has 0 saturated heterocycles. The molecule has 1 aromatic carbocycles. The van der Waals surface area contributed by atoms with Gasteiger partial charge in [-0.1, -0.05) is 12.1 Å². The summed E-state index contributed by atoms with van der Waals surface area (Å²) in [4.78, 5) is 2.95. The lowest BCUT2D eigenvalue weighted by atomic mass is 9.93. The van der Waals surface area contributed by atoms with Gasteiger partial charge in [-0.2, -0.15) is 10.5 Å². The van der Waals surface area contributed by atoms with Crippen molar-refractivity contribution >= 4 is 5.84 Å². The number of nitrogens with zero attached hydrogens (tertiary/aromatic N) is 2. The highest BCUT2D eigenvalue weighted by molar-refractivity contribution is 5.95. The molecule has 1 aliphatic heterocycles. The Kier molecular flexibility index (Phi) is 3.95. The second kappa shape index (κ2) is 5.73. The van der Waals surface area contributed by atoms with Gasteiger partial charge in [-0.05, 0) is 31.5 Å². The first kappa shape index (κ1) is 17.2. The first-order valence-electron chi connectivity index (χ1n) is 8.19. The summed E-state index contributed by atoms with van der Waals surface area (Å²) in [6.45, 7) is 4.23. The van der Waals surface area contributed by atoms with Crippen molar-refractivity contribution in [3.05, 3.63) is 29.8 Å². The van der Waals surface area contributed by atoms with E-state index in [4.69, 9.17) is 19.9 Å². The standard InChI is InChI=1S/C18H20N4O3/c1-4-24-18(25-5-2)17(11-20)14(16(17,10-19)15(21)22-18)12-6-8-13(23-3)9-7-12/h6-9,14H,4-5H2,1-3H3,(H2,21,22)/p+1/t14-,16-,17-/m1/s1. The molecule has 3 N–H and O–H groups in total. The number of benzene rings is 1. The minimum atomic E-state index is -1.45. The van der Waals surface area contributed by atoms with Gasteiger partial charge in [0.15, 0.2) is 10.8 Å². The second-order valence-corrected chi connectivity index (χ2v) is 6.07. The van der Waals surface area contributed by atoms with E-state index in [2.05, 4.69) is 17.1 Å². The molecule has 3 atom stereocenters. The molecule has 0 aromatic heterocycles. The number of methoxy groups -OCH3 is 1. The van der Waals surface area contributed by atoms with Crippen LogP contribution in [0, 0.1) is 33.5 Å². The number of nitrogens with one attached hydrogen (secondary N) is 1. The molecule has 7 nitrogen and oxygen atoms in total. The van der Waals surface area contributed by atoms with Gasteiger partial charge in [-0.15, -0.1) is 0 Å². The monoisotopic (exact) mass is 341 g/mol. The summed E-state index contributed by atoms with van der Waals surface area (Å²) < 4.78 is 16.9. The summed E-state index contributed by atoms with van der Waals surface area (Å²) in [5.41, 5.74) is 4.54. The number of hydrogen-bond donors (Lipinski definition) is 2. The van der Waals surface area contributed by atoms with Gasteiger partial charge < -0.3 is 14.2 Å². The maximum Gasteiger partial charge on any atom is 0.343 e. The quantitative estimate of drug-likeness (QED) is 0.703. The fourth-order valence-electron chi connectivity index (χ4n) is 4.15. The Morgan fingerprint density at radius 1 is 1.12 bits per heavy atom. The van der Waals surface area contributed by atoms with Crippen molar-refractivity contribution in [2.24, 2.45) is 16.6 Å². The van der Waals surface area contributed by atoms with E-state index in [1.54, 1.807) is 33.1 Å². The Hall–Kier alpha value is -2.61. The van der Waals surface area contributed by atoms with Crippen molar-refractivity contribution in [2.75, 3.05) is 20.3 Å². The minimum Gasteiger partial charge on any atom is -0.497 e. The Bertz CT molecular complexity index is 786. The van der Waals surface area contributed by atoms with Gasteiger partial charge in [0.2, 0.25) is 0 Å². The zero-order valence-electron chi connectivity index (χ0n) is 14.5. The lowest BCUT2D eigenvalue weighted by molar-refractivity contribution is -0.693. The molecule has 7 heteroatoms. The molecule has 2 aliphatic rings. The summed E-state index contributed by atoms with van der Waals surface area (Å²) in [7, 11) is 1.58. The van der Waals surface area contributed by atoms with Gasteiger partial charge in [-0.25, -0.2) is 4.99 Å². The molecule has 130 valence electrons. The zero-order valence-corrected chi connectivity index (χ0v) is 14.5. The van der Waals surface area contributed by atoms with Crippen molar-refractivity contribution in [1.29, 1.82) is 10.5 Å². The predicted octanol–water partition coefficient (Wildman–Crippen LogP) is -0.00944. The highest BCUT2D eigenvalue weighted by atomic mass is 16.7. The lowest BCUT2D eigenvalue weighted by Gasteiger charge is -2.29. The predicted molar refractivity (Wildman–Crippen MR) is 88.0 cm³/mol. The normalized spacial score (nSPS) is 31.4. The molecule has 3 rings (SSSR count). The van der Waals surface area contributed by atoms with Crippen LogP contribution in [0.5, 0.6) is 5.75 Å². The third-order valence-electron chi connectivity index (χ3n) is 5.14. The Morgan fingerprint density at radius 2 is 1.72 bits per heavy atom. The highest BCUT2D eigenvalue weighted by Gasteiger charge is 2.97. The minimum absolute atomic E-state index is 0.208. The van der Waals surface area contributed by atoms with Crippen molar-refractivity contribution in [1.82, 2.24) is 0 Å². The summed E-state index contributed by atoms with van der Waals surface area (Å²) in [5.74, 6) is -1.00. The molecule has 0 spiro atoms. The summed E-state index contributed by atoms with van der Waals surface area (Å²) in [5, 5.41) is 20.1. The van der Waals surface area contributed by atoms with E-state index in [1.807, 2.05) is 12.1 Å². The van der Waals surface area contributed by atoms with Crippen LogP contribution in [0.3, 0.4) is 0 Å². The fraction of sp³-hybridized carbons (Fsp3) is 0.500. The van der Waals surface area contributed by atoms with Crippen molar-refractivity contribution < 1.29 is 19.2 Å². The molecule has 0 bridgehead atoms. The van der Waals surface area contributed by atoms with Gasteiger partial charge in [0, 0.05) is 5.92 Å². The molecule has 1 aliphatic carbocycles. The van der Waals surface area contributed by atoms with Gasteiger partial charge in [0.25, 0.3) is 5.84 Å². The molecule has 1 heterocycles. The average Bonchev–Trinajstić information content (AvgIpc) is 3.21. The van der Waals surface area contributed by atoms with E-state index in [1.165, 1.54) is 0 Å². The molecule has 0 unspecified atom stereocenters. The molecular weight excluding hydrogens is 320 g/mol. The molecule has 0 radical (unpaired) electrons. The first-order chi connectivity index (χ1) is 12.0. The van der Waals surface area contributed by atoms with E-state index in [0.717, 1.165) is 5.56 Å². The third kappa shape index (κ3) is 1.82. The number of ether oxygens (including phenoxy) is 3. The molecule has 1 fully saturated rings. The van der Waals surface area contributed by atoms with Gasteiger partial charge >= 0.3 is 5.91 Å². The van der Waals surface area contributed by atoms with Crippen molar-refractivity contribution in [3.8, 4) is 17.9 Å². The van der Waals surface area contributed by atoms with Crippen LogP contribution in [-0.2, 0) is 9.47 Å². The van der Waals surface area contributed by atoms with Crippen LogP contribution >= 0.6 is 0 Å². The Balaban J connectivity index is 2.17. The number of nitriles is 2. The fourth-order valence-corrected chi connectivity index (χ4v) is 4.15. The molecule has 1 saturated carbocycles. The van der Waals surface area contributed by atoms with Crippen LogP contribution < -0.4 is 15.5 Å². The van der Waals surface area contributed by atoms with Crippen LogP contribution in [0.15, 0.2) is 24.3 Å². The van der Waals surface area contributed by atoms with Gasteiger partial charge in [-0.3, -0.25) is 5.73 Å².